The zero-order chi connectivity index (χ0) is 12.5. The highest BCUT2D eigenvalue weighted by Gasteiger charge is 2.30. The predicted octanol–water partition coefficient (Wildman–Crippen LogP) is 2.74. The number of hydrogen-bond acceptors (Lipinski definition) is 4. The summed E-state index contributed by atoms with van der Waals surface area (Å²) in [6.45, 7) is 0. The highest BCUT2D eigenvalue weighted by molar-refractivity contribution is 6.30. The molecule has 18 heavy (non-hydrogen) atoms. The summed E-state index contributed by atoms with van der Waals surface area (Å²) >= 11 is 5.79. The van der Waals surface area contributed by atoms with E-state index in [9.17, 15) is 4.79 Å². The third-order valence-electron chi connectivity index (χ3n) is 2.71. The fourth-order valence-electron chi connectivity index (χ4n) is 1.54. The van der Waals surface area contributed by atoms with E-state index in [1.54, 1.807) is 24.3 Å². The number of carbonyl (C=O) groups excluding carboxylic acids is 1. The van der Waals surface area contributed by atoms with Crippen molar-refractivity contribution in [1.29, 1.82) is 0 Å². The molecule has 1 fully saturated rings. The van der Waals surface area contributed by atoms with Gasteiger partial charge in [-0.1, -0.05) is 16.8 Å². The third kappa shape index (κ3) is 2.36. The second-order valence-electron chi connectivity index (χ2n) is 4.19. The monoisotopic (exact) mass is 263 g/mol. The van der Waals surface area contributed by atoms with Crippen molar-refractivity contribution in [1.82, 2.24) is 10.1 Å². The van der Waals surface area contributed by atoms with E-state index in [1.165, 1.54) is 0 Å². The zero-order valence-electron chi connectivity index (χ0n) is 9.39. The van der Waals surface area contributed by atoms with Gasteiger partial charge >= 0.3 is 6.01 Å². The van der Waals surface area contributed by atoms with Crippen LogP contribution in [0.15, 0.2) is 28.8 Å². The lowest BCUT2D eigenvalue weighted by molar-refractivity contribution is -0.117. The minimum absolute atomic E-state index is 0.0543. The molecule has 92 valence electrons. The first-order chi connectivity index (χ1) is 8.72. The second-order valence-corrected chi connectivity index (χ2v) is 4.63. The highest BCUT2D eigenvalue weighted by atomic mass is 35.5. The molecule has 1 N–H and O–H groups in total. The number of benzene rings is 1. The fourth-order valence-corrected chi connectivity index (χ4v) is 1.67. The van der Waals surface area contributed by atoms with Gasteiger partial charge in [0.1, 0.15) is 0 Å². The van der Waals surface area contributed by atoms with Gasteiger partial charge in [-0.05, 0) is 37.1 Å². The Kier molecular flexibility index (Phi) is 2.76. The number of rotatable bonds is 3. The molecule has 1 saturated carbocycles. The summed E-state index contributed by atoms with van der Waals surface area (Å²) in [5, 5.41) is 7.05. The van der Waals surface area contributed by atoms with Gasteiger partial charge in [0, 0.05) is 16.5 Å². The van der Waals surface area contributed by atoms with E-state index in [0.29, 0.717) is 10.8 Å². The first-order valence-electron chi connectivity index (χ1n) is 5.63. The molecular formula is C12H10ClN3O2. The fraction of sp³-hybridized carbons (Fsp3) is 0.250. The van der Waals surface area contributed by atoms with Crippen molar-refractivity contribution >= 4 is 23.5 Å². The molecule has 0 spiro atoms. The normalized spacial score (nSPS) is 14.5. The number of amides is 1. The summed E-state index contributed by atoms with van der Waals surface area (Å²) < 4.78 is 4.97. The van der Waals surface area contributed by atoms with E-state index in [-0.39, 0.29) is 17.8 Å². The average Bonchev–Trinajstić information content (AvgIpc) is 3.12. The smallest absolute Gasteiger partial charge is 0.315 e. The van der Waals surface area contributed by atoms with Crippen molar-refractivity contribution in [2.75, 3.05) is 5.32 Å². The Bertz CT molecular complexity index is 575. The molecule has 0 radical (unpaired) electrons. The lowest BCUT2D eigenvalue weighted by Crippen LogP contribution is -2.13. The maximum atomic E-state index is 11.5. The Hall–Kier alpha value is -1.88. The number of carbonyl (C=O) groups is 1. The molecule has 0 bridgehead atoms. The van der Waals surface area contributed by atoms with Crippen molar-refractivity contribution in [3.63, 3.8) is 0 Å². The van der Waals surface area contributed by atoms with Crippen LogP contribution in [0.25, 0.3) is 11.4 Å². The van der Waals surface area contributed by atoms with Gasteiger partial charge in [0.25, 0.3) is 0 Å². The minimum atomic E-state index is -0.0543. The topological polar surface area (TPSA) is 68.0 Å². The summed E-state index contributed by atoms with van der Waals surface area (Å²) in [7, 11) is 0. The van der Waals surface area contributed by atoms with Crippen LogP contribution < -0.4 is 5.32 Å². The Morgan fingerprint density at radius 3 is 2.72 bits per heavy atom. The predicted molar refractivity (Wildman–Crippen MR) is 66.1 cm³/mol. The summed E-state index contributed by atoms with van der Waals surface area (Å²) in [6, 6.07) is 7.21. The van der Waals surface area contributed by atoms with Gasteiger partial charge in [-0.2, -0.15) is 4.98 Å². The van der Waals surface area contributed by atoms with Gasteiger partial charge in [-0.3, -0.25) is 10.1 Å². The molecule has 0 unspecified atom stereocenters. The van der Waals surface area contributed by atoms with Crippen molar-refractivity contribution < 1.29 is 9.32 Å². The Morgan fingerprint density at radius 1 is 1.33 bits per heavy atom. The lowest BCUT2D eigenvalue weighted by atomic mass is 10.2. The van der Waals surface area contributed by atoms with Crippen LogP contribution in [0.3, 0.4) is 0 Å². The molecule has 1 aliphatic carbocycles. The molecule has 2 aromatic rings. The van der Waals surface area contributed by atoms with Crippen molar-refractivity contribution in [3.05, 3.63) is 29.3 Å². The van der Waals surface area contributed by atoms with E-state index < -0.39 is 0 Å². The van der Waals surface area contributed by atoms with Gasteiger partial charge in [0.05, 0.1) is 0 Å². The van der Waals surface area contributed by atoms with Crippen molar-refractivity contribution in [3.8, 4) is 11.4 Å². The molecule has 1 amide bonds. The molecule has 5 nitrogen and oxygen atoms in total. The van der Waals surface area contributed by atoms with Crippen molar-refractivity contribution in [2.24, 2.45) is 5.92 Å². The van der Waals surface area contributed by atoms with Crippen LogP contribution in [0.5, 0.6) is 0 Å². The van der Waals surface area contributed by atoms with Crippen LogP contribution in [-0.4, -0.2) is 16.0 Å². The highest BCUT2D eigenvalue weighted by Crippen LogP contribution is 2.30. The first-order valence-corrected chi connectivity index (χ1v) is 6.01. The van der Waals surface area contributed by atoms with Crippen LogP contribution in [-0.2, 0) is 4.79 Å². The number of halogens is 1. The molecule has 0 aliphatic heterocycles. The van der Waals surface area contributed by atoms with Gasteiger partial charge < -0.3 is 4.52 Å². The summed E-state index contributed by atoms with van der Waals surface area (Å²) in [5.41, 5.74) is 0.787. The van der Waals surface area contributed by atoms with Gasteiger partial charge in [0.15, 0.2) is 0 Å². The molecule has 1 aromatic carbocycles. The molecule has 0 atom stereocenters. The van der Waals surface area contributed by atoms with Crippen LogP contribution >= 0.6 is 11.6 Å². The number of aromatic nitrogens is 2. The standard InChI is InChI=1S/C12H10ClN3O2/c13-9-5-3-7(4-6-9)10-14-12(18-16-10)15-11(17)8-1-2-8/h3-6,8H,1-2H2,(H,14,15,16,17). The number of nitrogens with zero attached hydrogens (tertiary/aromatic N) is 2. The van der Waals surface area contributed by atoms with Crippen LogP contribution in [0, 0.1) is 5.92 Å². The molecular weight excluding hydrogens is 254 g/mol. The third-order valence-corrected chi connectivity index (χ3v) is 2.96. The zero-order valence-corrected chi connectivity index (χ0v) is 10.1. The van der Waals surface area contributed by atoms with Gasteiger partial charge in [-0.25, -0.2) is 0 Å². The molecule has 0 saturated heterocycles. The molecule has 3 rings (SSSR count). The van der Waals surface area contributed by atoms with Crippen LogP contribution in [0.1, 0.15) is 12.8 Å². The molecule has 1 aromatic heterocycles. The quantitative estimate of drug-likeness (QED) is 0.924. The summed E-state index contributed by atoms with van der Waals surface area (Å²) in [6.07, 6.45) is 1.87. The Morgan fingerprint density at radius 2 is 2.06 bits per heavy atom. The molecule has 1 heterocycles. The summed E-state index contributed by atoms with van der Waals surface area (Å²) in [5.74, 6) is 0.481. The number of hydrogen-bond donors (Lipinski definition) is 1. The van der Waals surface area contributed by atoms with Crippen LogP contribution in [0.4, 0.5) is 6.01 Å². The Labute approximate surface area is 108 Å². The first kappa shape index (κ1) is 11.2. The lowest BCUT2D eigenvalue weighted by Gasteiger charge is -1.95. The van der Waals surface area contributed by atoms with Gasteiger partial charge in [-0.15, -0.1) is 0 Å². The molecule has 6 heteroatoms. The minimum Gasteiger partial charge on any atom is -0.315 e. The van der Waals surface area contributed by atoms with Crippen LogP contribution in [0.2, 0.25) is 5.02 Å². The van der Waals surface area contributed by atoms with E-state index in [2.05, 4.69) is 15.5 Å². The van der Waals surface area contributed by atoms with E-state index in [1.807, 2.05) is 0 Å². The SMILES string of the molecule is O=C(Nc1nc(-c2ccc(Cl)cc2)no1)C1CC1. The Balaban J connectivity index is 1.76. The second kappa shape index (κ2) is 4.42. The van der Waals surface area contributed by atoms with Gasteiger partial charge in [0.2, 0.25) is 11.7 Å². The van der Waals surface area contributed by atoms with E-state index in [4.69, 9.17) is 16.1 Å². The largest absolute Gasteiger partial charge is 0.328 e. The molecule has 1 aliphatic rings. The maximum Gasteiger partial charge on any atom is 0.328 e. The van der Waals surface area contributed by atoms with Crippen molar-refractivity contribution in [2.45, 2.75) is 12.8 Å². The van der Waals surface area contributed by atoms with E-state index >= 15 is 0 Å². The number of anilines is 1. The number of nitrogens with one attached hydrogen (secondary N) is 1. The maximum absolute atomic E-state index is 11.5. The summed E-state index contributed by atoms with van der Waals surface area (Å²) in [4.78, 5) is 15.6. The average molecular weight is 264 g/mol. The van der Waals surface area contributed by atoms with E-state index in [0.717, 1.165) is 18.4 Å².